The van der Waals surface area contributed by atoms with Gasteiger partial charge in [0.2, 0.25) is 0 Å². The first-order valence-electron chi connectivity index (χ1n) is 12.4. The average molecular weight is 466 g/mol. The van der Waals surface area contributed by atoms with Crippen molar-refractivity contribution in [1.82, 2.24) is 24.7 Å². The maximum Gasteiger partial charge on any atom is 0.328 e. The van der Waals surface area contributed by atoms with Crippen molar-refractivity contribution in [2.24, 2.45) is 7.05 Å². The first kappa shape index (κ1) is 23.9. The molecule has 1 aliphatic rings. The lowest BCUT2D eigenvalue weighted by atomic mass is 10.0. The molecule has 0 saturated carbocycles. The predicted molar refractivity (Wildman–Crippen MR) is 133 cm³/mol. The number of anilines is 2. The third-order valence-electron chi connectivity index (χ3n) is 6.29. The quantitative estimate of drug-likeness (QED) is 0.305. The number of carbonyl (C=O) groups excluding carboxylic acids is 1. The number of ether oxygens (including phenoxy) is 1. The van der Waals surface area contributed by atoms with E-state index < -0.39 is 6.04 Å². The molecule has 0 radical (unpaired) electrons. The summed E-state index contributed by atoms with van der Waals surface area (Å²) in [7, 11) is 1.84. The number of rotatable bonds is 12. The van der Waals surface area contributed by atoms with Crippen LogP contribution < -0.4 is 10.6 Å². The molecule has 3 aromatic heterocycles. The highest BCUT2D eigenvalue weighted by molar-refractivity contribution is 5.88. The third kappa shape index (κ3) is 6.01. The van der Waals surface area contributed by atoms with E-state index in [9.17, 15) is 4.79 Å². The summed E-state index contributed by atoms with van der Waals surface area (Å²) in [5.74, 6) is 1.44. The molecule has 0 aliphatic carbocycles. The normalized spacial score (nSPS) is 13.8. The van der Waals surface area contributed by atoms with Gasteiger partial charge in [0.15, 0.2) is 5.82 Å². The lowest BCUT2D eigenvalue weighted by Gasteiger charge is -2.18. The summed E-state index contributed by atoms with van der Waals surface area (Å²) in [6.07, 6.45) is 12.6. The number of hydrogen-bond acceptors (Lipinski definition) is 8. The van der Waals surface area contributed by atoms with Gasteiger partial charge in [-0.15, -0.1) is 0 Å². The standard InChI is InChI=1S/C25H35N7O2/c1-3-34-25(33)20(31-24-22-21(27-17-28-24)16-29-32(22)2)12-8-6-4-5-7-11-19-14-13-18-10-9-15-26-23(18)30-19/h13-14,16-17,20H,3-12,15H2,1-2H3,(H,26,30)(H,27,28,31)/t20-/m0/s1. The number of esters is 1. The van der Waals surface area contributed by atoms with Crippen molar-refractivity contribution in [3.8, 4) is 0 Å². The fourth-order valence-electron chi connectivity index (χ4n) is 4.46. The zero-order chi connectivity index (χ0) is 23.8. The molecule has 1 aliphatic heterocycles. The number of unbranched alkanes of at least 4 members (excludes halogenated alkanes) is 4. The molecule has 0 amide bonds. The van der Waals surface area contributed by atoms with Crippen molar-refractivity contribution in [2.45, 2.75) is 70.8 Å². The number of nitrogens with zero attached hydrogens (tertiary/aromatic N) is 5. The Morgan fingerprint density at radius 3 is 2.94 bits per heavy atom. The number of fused-ring (bicyclic) bond motifs is 2. The summed E-state index contributed by atoms with van der Waals surface area (Å²) in [6.45, 7) is 3.20. The molecule has 4 rings (SSSR count). The van der Waals surface area contributed by atoms with Gasteiger partial charge in [-0.3, -0.25) is 4.68 Å². The van der Waals surface area contributed by atoms with E-state index >= 15 is 0 Å². The Kier molecular flexibility index (Phi) is 8.27. The second-order valence-corrected chi connectivity index (χ2v) is 8.82. The van der Waals surface area contributed by atoms with Crippen molar-refractivity contribution in [1.29, 1.82) is 0 Å². The minimum atomic E-state index is -0.444. The maximum absolute atomic E-state index is 12.6. The van der Waals surface area contributed by atoms with E-state index in [0.717, 1.165) is 68.3 Å². The van der Waals surface area contributed by atoms with Crippen LogP contribution in [0.5, 0.6) is 0 Å². The van der Waals surface area contributed by atoms with Gasteiger partial charge in [-0.25, -0.2) is 19.7 Å². The summed E-state index contributed by atoms with van der Waals surface area (Å²) in [5.41, 5.74) is 4.03. The Morgan fingerprint density at radius 1 is 1.21 bits per heavy atom. The molecule has 34 heavy (non-hydrogen) atoms. The van der Waals surface area contributed by atoms with Gasteiger partial charge in [0.05, 0.1) is 12.8 Å². The number of carbonyl (C=O) groups is 1. The van der Waals surface area contributed by atoms with Gasteiger partial charge in [0, 0.05) is 19.3 Å². The van der Waals surface area contributed by atoms with E-state index in [1.165, 1.54) is 24.0 Å². The fraction of sp³-hybridized carbons (Fsp3) is 0.560. The van der Waals surface area contributed by atoms with Gasteiger partial charge in [-0.05, 0) is 50.7 Å². The number of pyridine rings is 1. The maximum atomic E-state index is 12.6. The minimum absolute atomic E-state index is 0.247. The van der Waals surface area contributed by atoms with Gasteiger partial charge >= 0.3 is 5.97 Å². The van der Waals surface area contributed by atoms with Crippen molar-refractivity contribution in [3.05, 3.63) is 35.9 Å². The van der Waals surface area contributed by atoms with Crippen LogP contribution in [0.25, 0.3) is 11.0 Å². The van der Waals surface area contributed by atoms with Crippen LogP contribution in [-0.4, -0.2) is 49.9 Å². The summed E-state index contributed by atoms with van der Waals surface area (Å²) < 4.78 is 7.02. The first-order chi connectivity index (χ1) is 16.7. The van der Waals surface area contributed by atoms with Crippen LogP contribution in [0.3, 0.4) is 0 Å². The van der Waals surface area contributed by atoms with Crippen molar-refractivity contribution in [2.75, 3.05) is 23.8 Å². The SMILES string of the molecule is CCOC(=O)[C@H](CCCCCCCc1ccc2c(n1)NCCC2)Nc1ncnc2cnn(C)c12. The molecule has 0 spiro atoms. The molecule has 0 fully saturated rings. The Morgan fingerprint density at radius 2 is 2.06 bits per heavy atom. The summed E-state index contributed by atoms with van der Waals surface area (Å²) >= 11 is 0. The van der Waals surface area contributed by atoms with Crippen molar-refractivity contribution < 1.29 is 9.53 Å². The van der Waals surface area contributed by atoms with E-state index in [0.29, 0.717) is 18.8 Å². The van der Waals surface area contributed by atoms with E-state index in [-0.39, 0.29) is 5.97 Å². The molecule has 182 valence electrons. The van der Waals surface area contributed by atoms with Crippen LogP contribution in [-0.2, 0) is 29.4 Å². The number of hydrogen-bond donors (Lipinski definition) is 2. The highest BCUT2D eigenvalue weighted by Crippen LogP contribution is 2.22. The Hall–Kier alpha value is -3.23. The van der Waals surface area contributed by atoms with Crippen LogP contribution in [0.2, 0.25) is 0 Å². The van der Waals surface area contributed by atoms with Crippen LogP contribution in [0.1, 0.15) is 63.1 Å². The van der Waals surface area contributed by atoms with Crippen LogP contribution >= 0.6 is 0 Å². The smallest absolute Gasteiger partial charge is 0.328 e. The van der Waals surface area contributed by atoms with Crippen LogP contribution in [0, 0.1) is 0 Å². The monoisotopic (exact) mass is 465 g/mol. The summed E-state index contributed by atoms with van der Waals surface area (Å²) in [6, 6.07) is 3.96. The Balaban J connectivity index is 1.22. The predicted octanol–water partition coefficient (Wildman–Crippen LogP) is 4.04. The van der Waals surface area contributed by atoms with E-state index in [4.69, 9.17) is 9.72 Å². The average Bonchev–Trinajstić information content (AvgIpc) is 3.24. The molecule has 1 atom stereocenters. The molecule has 0 unspecified atom stereocenters. The van der Waals surface area contributed by atoms with Crippen molar-refractivity contribution >= 4 is 28.6 Å². The van der Waals surface area contributed by atoms with Crippen LogP contribution in [0.4, 0.5) is 11.6 Å². The number of nitrogens with one attached hydrogen (secondary N) is 2. The second-order valence-electron chi connectivity index (χ2n) is 8.82. The zero-order valence-electron chi connectivity index (χ0n) is 20.2. The molecule has 9 nitrogen and oxygen atoms in total. The fourth-order valence-corrected chi connectivity index (χ4v) is 4.46. The van der Waals surface area contributed by atoms with Gasteiger partial charge in [-0.1, -0.05) is 31.7 Å². The molecule has 0 aromatic carbocycles. The molecule has 0 bridgehead atoms. The molecular weight excluding hydrogens is 430 g/mol. The Labute approximate surface area is 200 Å². The number of aromatic nitrogens is 5. The van der Waals surface area contributed by atoms with Gasteiger partial charge in [0.25, 0.3) is 0 Å². The topological polar surface area (TPSA) is 107 Å². The third-order valence-corrected chi connectivity index (χ3v) is 6.29. The molecule has 2 N–H and O–H groups in total. The first-order valence-corrected chi connectivity index (χ1v) is 12.4. The van der Waals surface area contributed by atoms with E-state index in [1.54, 1.807) is 10.9 Å². The molecule has 0 saturated heterocycles. The Bertz CT molecular complexity index is 1100. The van der Waals surface area contributed by atoms with Crippen LogP contribution in [0.15, 0.2) is 24.7 Å². The van der Waals surface area contributed by atoms with Gasteiger partial charge in [0.1, 0.15) is 29.2 Å². The summed E-state index contributed by atoms with van der Waals surface area (Å²) in [4.78, 5) is 25.9. The highest BCUT2D eigenvalue weighted by atomic mass is 16.5. The van der Waals surface area contributed by atoms with Crippen molar-refractivity contribution in [3.63, 3.8) is 0 Å². The molecular formula is C25H35N7O2. The summed E-state index contributed by atoms with van der Waals surface area (Å²) in [5, 5.41) is 10.9. The van der Waals surface area contributed by atoms with Gasteiger partial charge < -0.3 is 15.4 Å². The zero-order valence-corrected chi connectivity index (χ0v) is 20.2. The minimum Gasteiger partial charge on any atom is -0.464 e. The van der Waals surface area contributed by atoms with E-state index in [2.05, 4.69) is 37.8 Å². The molecule has 9 heteroatoms. The molecule has 4 heterocycles. The number of aryl methyl sites for hydroxylation is 3. The second kappa shape index (κ2) is 11.8. The highest BCUT2D eigenvalue weighted by Gasteiger charge is 2.22. The lowest BCUT2D eigenvalue weighted by molar-refractivity contribution is -0.144. The van der Waals surface area contributed by atoms with Gasteiger partial charge in [-0.2, -0.15) is 5.10 Å². The largest absolute Gasteiger partial charge is 0.464 e. The van der Waals surface area contributed by atoms with E-state index in [1.807, 2.05) is 14.0 Å². The lowest BCUT2D eigenvalue weighted by Crippen LogP contribution is -2.32. The molecule has 3 aromatic rings.